The SMILES string of the molecule is Cc1noc(CCCC(=O)N[C@@H](C)c2cccnc2)n1. The predicted octanol–water partition coefficient (Wildman–Crippen LogP) is 1.97. The molecule has 6 nitrogen and oxygen atoms in total. The molecule has 20 heavy (non-hydrogen) atoms. The van der Waals surface area contributed by atoms with Gasteiger partial charge in [-0.05, 0) is 31.9 Å². The summed E-state index contributed by atoms with van der Waals surface area (Å²) in [5.74, 6) is 1.21. The molecule has 1 amide bonds. The zero-order chi connectivity index (χ0) is 14.4. The number of amides is 1. The van der Waals surface area contributed by atoms with E-state index in [1.54, 1.807) is 19.3 Å². The van der Waals surface area contributed by atoms with Crippen LogP contribution in [0.4, 0.5) is 0 Å². The maximum atomic E-state index is 11.8. The highest BCUT2D eigenvalue weighted by Crippen LogP contribution is 2.10. The van der Waals surface area contributed by atoms with Gasteiger partial charge >= 0.3 is 0 Å². The highest BCUT2D eigenvalue weighted by atomic mass is 16.5. The van der Waals surface area contributed by atoms with E-state index in [1.165, 1.54) is 0 Å². The van der Waals surface area contributed by atoms with Gasteiger partial charge < -0.3 is 9.84 Å². The first-order valence-corrected chi connectivity index (χ1v) is 6.63. The predicted molar refractivity (Wildman–Crippen MR) is 72.8 cm³/mol. The summed E-state index contributed by atoms with van der Waals surface area (Å²) in [6.07, 6.45) is 5.21. The Kier molecular flexibility index (Phi) is 4.81. The number of carbonyl (C=O) groups is 1. The van der Waals surface area contributed by atoms with Gasteiger partial charge in [-0.1, -0.05) is 11.2 Å². The fourth-order valence-electron chi connectivity index (χ4n) is 1.87. The largest absolute Gasteiger partial charge is 0.350 e. The Hall–Kier alpha value is -2.24. The molecule has 0 aliphatic rings. The smallest absolute Gasteiger partial charge is 0.226 e. The molecule has 0 aliphatic heterocycles. The molecule has 0 bridgehead atoms. The summed E-state index contributed by atoms with van der Waals surface area (Å²) in [6.45, 7) is 3.71. The first-order chi connectivity index (χ1) is 9.65. The number of pyridine rings is 1. The van der Waals surface area contributed by atoms with Crippen molar-refractivity contribution in [2.45, 2.75) is 39.2 Å². The molecule has 106 valence electrons. The van der Waals surface area contributed by atoms with Crippen molar-refractivity contribution in [1.29, 1.82) is 0 Å². The number of aryl methyl sites for hydroxylation is 2. The molecular weight excluding hydrogens is 256 g/mol. The fourth-order valence-corrected chi connectivity index (χ4v) is 1.87. The number of nitrogens with one attached hydrogen (secondary N) is 1. The molecule has 0 saturated carbocycles. The van der Waals surface area contributed by atoms with Crippen molar-refractivity contribution in [3.8, 4) is 0 Å². The molecule has 0 unspecified atom stereocenters. The molecule has 0 aromatic carbocycles. The Bertz CT molecular complexity index is 553. The summed E-state index contributed by atoms with van der Waals surface area (Å²) in [4.78, 5) is 20.0. The second-order valence-electron chi connectivity index (χ2n) is 4.66. The number of carbonyl (C=O) groups excluding carboxylic acids is 1. The van der Waals surface area contributed by atoms with Crippen molar-refractivity contribution >= 4 is 5.91 Å². The lowest BCUT2D eigenvalue weighted by Gasteiger charge is -2.13. The minimum absolute atomic E-state index is 0.0117. The number of nitrogens with zero attached hydrogens (tertiary/aromatic N) is 3. The van der Waals surface area contributed by atoms with Gasteiger partial charge in [0.2, 0.25) is 11.8 Å². The third kappa shape index (κ3) is 4.15. The molecule has 2 aromatic rings. The third-order valence-electron chi connectivity index (χ3n) is 2.93. The first-order valence-electron chi connectivity index (χ1n) is 6.63. The monoisotopic (exact) mass is 274 g/mol. The van der Waals surface area contributed by atoms with Crippen LogP contribution >= 0.6 is 0 Å². The van der Waals surface area contributed by atoms with Crippen molar-refractivity contribution in [3.05, 3.63) is 41.8 Å². The Labute approximate surface area is 117 Å². The van der Waals surface area contributed by atoms with Crippen molar-refractivity contribution < 1.29 is 9.32 Å². The van der Waals surface area contributed by atoms with Crippen LogP contribution in [0.5, 0.6) is 0 Å². The van der Waals surface area contributed by atoms with Crippen LogP contribution in [0.2, 0.25) is 0 Å². The van der Waals surface area contributed by atoms with E-state index in [0.717, 1.165) is 5.56 Å². The van der Waals surface area contributed by atoms with Crippen LogP contribution in [-0.2, 0) is 11.2 Å². The van der Waals surface area contributed by atoms with Gasteiger partial charge in [-0.25, -0.2) is 0 Å². The summed E-state index contributed by atoms with van der Waals surface area (Å²) in [5, 5.41) is 6.65. The van der Waals surface area contributed by atoms with E-state index >= 15 is 0 Å². The molecule has 0 aliphatic carbocycles. The lowest BCUT2D eigenvalue weighted by Crippen LogP contribution is -2.26. The fraction of sp³-hybridized carbons (Fsp3) is 0.429. The standard InChI is InChI=1S/C14H18N4O2/c1-10(12-5-4-8-15-9-12)16-13(19)6-3-7-14-17-11(2)18-20-14/h4-5,8-10H,3,6-7H2,1-2H3,(H,16,19)/t10-/m0/s1. The number of aromatic nitrogens is 3. The minimum atomic E-state index is -0.0400. The Morgan fingerprint density at radius 1 is 1.50 bits per heavy atom. The Balaban J connectivity index is 1.73. The van der Waals surface area contributed by atoms with E-state index in [4.69, 9.17) is 4.52 Å². The lowest BCUT2D eigenvalue weighted by molar-refractivity contribution is -0.121. The van der Waals surface area contributed by atoms with E-state index in [9.17, 15) is 4.79 Å². The van der Waals surface area contributed by atoms with Crippen molar-refractivity contribution in [2.24, 2.45) is 0 Å². The highest BCUT2D eigenvalue weighted by molar-refractivity contribution is 5.76. The number of hydrogen-bond acceptors (Lipinski definition) is 5. The van der Waals surface area contributed by atoms with E-state index in [0.29, 0.717) is 31.0 Å². The molecule has 0 radical (unpaired) electrons. The molecule has 6 heteroatoms. The normalized spacial score (nSPS) is 12.1. The zero-order valence-corrected chi connectivity index (χ0v) is 11.7. The van der Waals surface area contributed by atoms with Crippen LogP contribution in [-0.4, -0.2) is 21.0 Å². The summed E-state index contributed by atoms with van der Waals surface area (Å²) >= 11 is 0. The van der Waals surface area contributed by atoms with Crippen molar-refractivity contribution in [3.63, 3.8) is 0 Å². The second kappa shape index (κ2) is 6.79. The molecule has 2 aromatic heterocycles. The second-order valence-corrected chi connectivity index (χ2v) is 4.66. The molecule has 2 rings (SSSR count). The summed E-state index contributed by atoms with van der Waals surface area (Å²) in [7, 11) is 0. The van der Waals surface area contributed by atoms with Gasteiger partial charge in [0.1, 0.15) is 0 Å². The quantitative estimate of drug-likeness (QED) is 0.871. The Morgan fingerprint density at radius 3 is 3.00 bits per heavy atom. The van der Waals surface area contributed by atoms with Crippen LogP contribution in [0, 0.1) is 6.92 Å². The van der Waals surface area contributed by atoms with Gasteiger partial charge in [0.25, 0.3) is 0 Å². The van der Waals surface area contributed by atoms with E-state index in [2.05, 4.69) is 20.4 Å². The van der Waals surface area contributed by atoms with Crippen molar-refractivity contribution in [2.75, 3.05) is 0 Å². The van der Waals surface area contributed by atoms with Crippen molar-refractivity contribution in [1.82, 2.24) is 20.4 Å². The van der Waals surface area contributed by atoms with Crippen LogP contribution in [0.1, 0.15) is 43.1 Å². The highest BCUT2D eigenvalue weighted by Gasteiger charge is 2.10. The molecule has 0 spiro atoms. The summed E-state index contributed by atoms with van der Waals surface area (Å²) < 4.78 is 5.00. The van der Waals surface area contributed by atoms with E-state index in [-0.39, 0.29) is 11.9 Å². The molecule has 2 heterocycles. The lowest BCUT2D eigenvalue weighted by atomic mass is 10.1. The molecule has 0 fully saturated rings. The topological polar surface area (TPSA) is 80.9 Å². The minimum Gasteiger partial charge on any atom is -0.350 e. The zero-order valence-electron chi connectivity index (χ0n) is 11.7. The first kappa shape index (κ1) is 14.2. The average molecular weight is 274 g/mol. The van der Waals surface area contributed by atoms with Crippen LogP contribution < -0.4 is 5.32 Å². The maximum absolute atomic E-state index is 11.8. The Morgan fingerprint density at radius 2 is 2.35 bits per heavy atom. The van der Waals surface area contributed by atoms with Gasteiger partial charge in [-0.3, -0.25) is 9.78 Å². The maximum Gasteiger partial charge on any atom is 0.226 e. The number of rotatable bonds is 6. The van der Waals surface area contributed by atoms with Gasteiger partial charge in [-0.2, -0.15) is 4.98 Å². The summed E-state index contributed by atoms with van der Waals surface area (Å²) in [6, 6.07) is 3.76. The van der Waals surface area contributed by atoms with Gasteiger partial charge in [0, 0.05) is 25.2 Å². The molecule has 1 atom stereocenters. The van der Waals surface area contributed by atoms with Crippen LogP contribution in [0.3, 0.4) is 0 Å². The van der Waals surface area contributed by atoms with Gasteiger partial charge in [0.15, 0.2) is 5.82 Å². The summed E-state index contributed by atoms with van der Waals surface area (Å²) in [5.41, 5.74) is 0.994. The number of hydrogen-bond donors (Lipinski definition) is 1. The van der Waals surface area contributed by atoms with Gasteiger partial charge in [-0.15, -0.1) is 0 Å². The molecule has 1 N–H and O–H groups in total. The van der Waals surface area contributed by atoms with Crippen LogP contribution in [0.15, 0.2) is 29.0 Å². The molecule has 0 saturated heterocycles. The molecular formula is C14H18N4O2. The van der Waals surface area contributed by atoms with Gasteiger partial charge in [0.05, 0.1) is 6.04 Å². The van der Waals surface area contributed by atoms with E-state index in [1.807, 2.05) is 19.1 Å². The van der Waals surface area contributed by atoms with E-state index < -0.39 is 0 Å². The van der Waals surface area contributed by atoms with Crippen LogP contribution in [0.25, 0.3) is 0 Å². The average Bonchev–Trinajstić information content (AvgIpc) is 2.85. The third-order valence-corrected chi connectivity index (χ3v) is 2.93.